The first kappa shape index (κ1) is 13.1. The summed E-state index contributed by atoms with van der Waals surface area (Å²) in [5.74, 6) is -0.448. The molecule has 0 saturated carbocycles. The third kappa shape index (κ3) is 3.90. The molecule has 16 heavy (non-hydrogen) atoms. The summed E-state index contributed by atoms with van der Waals surface area (Å²) in [6.45, 7) is 2.23. The van der Waals surface area contributed by atoms with Crippen molar-refractivity contribution in [2.45, 2.75) is 19.4 Å². The van der Waals surface area contributed by atoms with Gasteiger partial charge in [0.2, 0.25) is 5.91 Å². The first-order valence-electron chi connectivity index (χ1n) is 4.96. The van der Waals surface area contributed by atoms with E-state index in [1.54, 1.807) is 12.1 Å². The molecule has 0 saturated heterocycles. The Morgan fingerprint density at radius 3 is 2.88 bits per heavy atom. The molecule has 5 heteroatoms. The van der Waals surface area contributed by atoms with E-state index in [-0.39, 0.29) is 24.2 Å². The topological polar surface area (TPSA) is 55.1 Å². The molecule has 1 amide bonds. The Morgan fingerprint density at radius 2 is 2.31 bits per heavy atom. The van der Waals surface area contributed by atoms with Gasteiger partial charge in [0.1, 0.15) is 5.82 Å². The Balaban J connectivity index is 2.59. The summed E-state index contributed by atoms with van der Waals surface area (Å²) >= 11 is 3.07. The lowest BCUT2D eigenvalue weighted by atomic mass is 10.1. The van der Waals surface area contributed by atoms with Crippen LogP contribution in [0.1, 0.15) is 12.5 Å². The Kier molecular flexibility index (Phi) is 4.89. The number of amides is 1. The van der Waals surface area contributed by atoms with Gasteiger partial charge in [-0.3, -0.25) is 4.79 Å². The van der Waals surface area contributed by atoms with Gasteiger partial charge >= 0.3 is 0 Å². The quantitative estimate of drug-likeness (QED) is 0.884. The van der Waals surface area contributed by atoms with E-state index in [0.29, 0.717) is 11.0 Å². The smallest absolute Gasteiger partial charge is 0.224 e. The fourth-order valence-electron chi connectivity index (χ4n) is 1.22. The Hall–Kier alpha value is -0.940. The van der Waals surface area contributed by atoms with Crippen molar-refractivity contribution in [3.8, 4) is 0 Å². The van der Waals surface area contributed by atoms with Crippen molar-refractivity contribution in [1.82, 2.24) is 5.32 Å². The molecule has 0 bridgehead atoms. The van der Waals surface area contributed by atoms with Crippen LogP contribution in [0.3, 0.4) is 0 Å². The molecule has 1 aromatic rings. The zero-order valence-electron chi connectivity index (χ0n) is 8.97. The maximum absolute atomic E-state index is 12.9. The van der Waals surface area contributed by atoms with Crippen LogP contribution in [0.2, 0.25) is 0 Å². The number of nitrogens with two attached hydrogens (primary N) is 1. The lowest BCUT2D eigenvalue weighted by Gasteiger charge is -2.11. The second-order valence-electron chi connectivity index (χ2n) is 3.63. The molecular weight excluding hydrogens is 275 g/mol. The van der Waals surface area contributed by atoms with Crippen LogP contribution in [-0.2, 0) is 11.2 Å². The molecule has 0 radical (unpaired) electrons. The molecule has 0 fully saturated rings. The highest BCUT2D eigenvalue weighted by molar-refractivity contribution is 9.10. The molecule has 0 spiro atoms. The number of nitrogens with one attached hydrogen (secondary N) is 1. The van der Waals surface area contributed by atoms with Crippen molar-refractivity contribution in [2.24, 2.45) is 5.73 Å². The number of carbonyl (C=O) groups excluding carboxylic acids is 1. The third-order valence-electron chi connectivity index (χ3n) is 2.11. The maximum atomic E-state index is 12.9. The Bertz CT molecular complexity index is 384. The Morgan fingerprint density at radius 1 is 1.62 bits per heavy atom. The van der Waals surface area contributed by atoms with Crippen molar-refractivity contribution in [1.29, 1.82) is 0 Å². The lowest BCUT2D eigenvalue weighted by molar-refractivity contribution is -0.120. The lowest BCUT2D eigenvalue weighted by Crippen LogP contribution is -2.38. The van der Waals surface area contributed by atoms with Crippen LogP contribution in [0.5, 0.6) is 0 Å². The van der Waals surface area contributed by atoms with E-state index in [2.05, 4.69) is 21.2 Å². The molecule has 88 valence electrons. The van der Waals surface area contributed by atoms with Gasteiger partial charge in [-0.15, -0.1) is 0 Å². The summed E-state index contributed by atoms with van der Waals surface area (Å²) in [6.07, 6.45) is 0.225. The predicted molar refractivity (Wildman–Crippen MR) is 64.5 cm³/mol. The largest absolute Gasteiger partial charge is 0.352 e. The van der Waals surface area contributed by atoms with Gasteiger partial charge in [-0.05, 0) is 40.5 Å². The average molecular weight is 289 g/mol. The van der Waals surface area contributed by atoms with Gasteiger partial charge in [-0.1, -0.05) is 6.07 Å². The molecule has 0 aliphatic rings. The SMILES string of the molecule is C[C@@H](CN)NC(=O)Cc1ccc(F)c(Br)c1. The number of hydrogen-bond acceptors (Lipinski definition) is 2. The Labute approximate surface area is 102 Å². The van der Waals surface area contributed by atoms with Gasteiger partial charge in [-0.25, -0.2) is 4.39 Å². The van der Waals surface area contributed by atoms with Crippen molar-refractivity contribution >= 4 is 21.8 Å². The van der Waals surface area contributed by atoms with Crippen molar-refractivity contribution in [2.75, 3.05) is 6.54 Å². The van der Waals surface area contributed by atoms with Crippen molar-refractivity contribution in [3.63, 3.8) is 0 Å². The van der Waals surface area contributed by atoms with E-state index in [4.69, 9.17) is 5.73 Å². The number of rotatable bonds is 4. The molecule has 0 aliphatic heterocycles. The summed E-state index contributed by atoms with van der Waals surface area (Å²) in [5, 5.41) is 2.74. The summed E-state index contributed by atoms with van der Waals surface area (Å²) in [4.78, 5) is 11.5. The standard InChI is InChI=1S/C11H14BrFN2O/c1-7(6-14)15-11(16)5-8-2-3-10(13)9(12)4-8/h2-4,7H,5-6,14H2,1H3,(H,15,16)/t7-/m0/s1. The molecule has 0 aliphatic carbocycles. The summed E-state index contributed by atoms with van der Waals surface area (Å²) < 4.78 is 13.3. The fraction of sp³-hybridized carbons (Fsp3) is 0.364. The van der Waals surface area contributed by atoms with Crippen LogP contribution in [0.25, 0.3) is 0 Å². The first-order valence-corrected chi connectivity index (χ1v) is 5.75. The molecular formula is C11H14BrFN2O. The van der Waals surface area contributed by atoms with Crippen molar-refractivity contribution in [3.05, 3.63) is 34.1 Å². The minimum absolute atomic E-state index is 0.0450. The summed E-state index contributed by atoms with van der Waals surface area (Å²) in [7, 11) is 0. The average Bonchev–Trinajstić information content (AvgIpc) is 2.23. The van der Waals surface area contributed by atoms with Crippen LogP contribution in [-0.4, -0.2) is 18.5 Å². The molecule has 1 rings (SSSR count). The van der Waals surface area contributed by atoms with Gasteiger partial charge in [0.15, 0.2) is 0 Å². The number of hydrogen-bond donors (Lipinski definition) is 2. The normalized spacial score (nSPS) is 12.2. The van der Waals surface area contributed by atoms with Gasteiger partial charge < -0.3 is 11.1 Å². The highest BCUT2D eigenvalue weighted by atomic mass is 79.9. The van der Waals surface area contributed by atoms with Gasteiger partial charge in [-0.2, -0.15) is 0 Å². The number of halogens is 2. The zero-order chi connectivity index (χ0) is 12.1. The molecule has 1 aromatic carbocycles. The van der Waals surface area contributed by atoms with Crippen LogP contribution in [0.4, 0.5) is 4.39 Å². The molecule has 3 nitrogen and oxygen atoms in total. The second-order valence-corrected chi connectivity index (χ2v) is 4.48. The van der Waals surface area contributed by atoms with Gasteiger partial charge in [0, 0.05) is 12.6 Å². The van der Waals surface area contributed by atoms with Gasteiger partial charge in [0.25, 0.3) is 0 Å². The first-order chi connectivity index (χ1) is 7.52. The molecule has 1 atom stereocenters. The number of carbonyl (C=O) groups is 1. The van der Waals surface area contributed by atoms with Crippen LogP contribution in [0, 0.1) is 5.82 Å². The fourth-order valence-corrected chi connectivity index (χ4v) is 1.65. The van der Waals surface area contributed by atoms with Crippen LogP contribution in [0.15, 0.2) is 22.7 Å². The van der Waals surface area contributed by atoms with Crippen molar-refractivity contribution < 1.29 is 9.18 Å². The minimum Gasteiger partial charge on any atom is -0.352 e. The monoisotopic (exact) mass is 288 g/mol. The van der Waals surface area contributed by atoms with E-state index in [1.807, 2.05) is 6.92 Å². The van der Waals surface area contributed by atoms with E-state index in [9.17, 15) is 9.18 Å². The third-order valence-corrected chi connectivity index (χ3v) is 2.72. The maximum Gasteiger partial charge on any atom is 0.224 e. The van der Waals surface area contributed by atoms with E-state index in [1.165, 1.54) is 6.07 Å². The molecule has 0 unspecified atom stereocenters. The van der Waals surface area contributed by atoms with E-state index >= 15 is 0 Å². The van der Waals surface area contributed by atoms with Crippen LogP contribution >= 0.6 is 15.9 Å². The summed E-state index contributed by atoms with van der Waals surface area (Å²) in [5.41, 5.74) is 6.15. The second kappa shape index (κ2) is 5.96. The van der Waals surface area contributed by atoms with Crippen LogP contribution < -0.4 is 11.1 Å². The van der Waals surface area contributed by atoms with E-state index in [0.717, 1.165) is 5.56 Å². The summed E-state index contributed by atoms with van der Waals surface area (Å²) in [6, 6.07) is 4.48. The van der Waals surface area contributed by atoms with Gasteiger partial charge in [0.05, 0.1) is 10.9 Å². The highest BCUT2D eigenvalue weighted by Gasteiger charge is 2.08. The zero-order valence-corrected chi connectivity index (χ0v) is 10.6. The minimum atomic E-state index is -0.334. The molecule has 0 aromatic heterocycles. The predicted octanol–water partition coefficient (Wildman–Crippen LogP) is 1.59. The highest BCUT2D eigenvalue weighted by Crippen LogP contribution is 2.17. The number of benzene rings is 1. The molecule has 3 N–H and O–H groups in total. The molecule has 0 heterocycles. The van der Waals surface area contributed by atoms with E-state index < -0.39 is 0 Å².